The van der Waals surface area contributed by atoms with E-state index in [2.05, 4.69) is 26.9 Å². The molecule has 6 nitrogen and oxygen atoms in total. The molecular weight excluding hydrogens is 215 g/mol. The van der Waals surface area contributed by atoms with Crippen molar-refractivity contribution in [1.29, 1.82) is 0 Å². The van der Waals surface area contributed by atoms with Crippen LogP contribution in [-0.2, 0) is 0 Å². The predicted molar refractivity (Wildman–Crippen MR) is 52.0 cm³/mol. The summed E-state index contributed by atoms with van der Waals surface area (Å²) in [5.74, 6) is 2.57. The summed E-state index contributed by atoms with van der Waals surface area (Å²) in [6, 6.07) is 1.01. The van der Waals surface area contributed by atoms with Gasteiger partial charge in [-0.15, -0.1) is 0 Å². The Morgan fingerprint density at radius 1 is 1.75 bits per heavy atom. The number of carboxylic acids is 1. The van der Waals surface area contributed by atoms with Gasteiger partial charge < -0.3 is 5.11 Å². The molecule has 80 valence electrons. The first-order chi connectivity index (χ1) is 7.65. The number of nitrogens with zero attached hydrogens (tertiary/aromatic N) is 4. The second-order valence-corrected chi connectivity index (χ2v) is 2.55. The van der Waals surface area contributed by atoms with E-state index in [-0.39, 0.29) is 12.2 Å². The van der Waals surface area contributed by atoms with Crippen molar-refractivity contribution in [2.45, 2.75) is 0 Å². The summed E-state index contributed by atoms with van der Waals surface area (Å²) < 4.78 is 12.9. The first-order valence-corrected chi connectivity index (χ1v) is 4.03. The smallest absolute Gasteiger partial charge is 0.338 e. The Balaban J connectivity index is 2.97. The van der Waals surface area contributed by atoms with Crippen molar-refractivity contribution in [3.63, 3.8) is 0 Å². The maximum atomic E-state index is 12.9. The van der Waals surface area contributed by atoms with Crippen molar-refractivity contribution in [2.75, 3.05) is 6.54 Å². The minimum atomic E-state index is -1.39. The van der Waals surface area contributed by atoms with Gasteiger partial charge in [0.15, 0.2) is 5.82 Å². The highest BCUT2D eigenvalue weighted by Gasteiger charge is 2.10. The van der Waals surface area contributed by atoms with E-state index in [1.807, 2.05) is 0 Å². The van der Waals surface area contributed by atoms with E-state index < -0.39 is 17.3 Å². The number of pyridine rings is 1. The Labute approximate surface area is 89.4 Å². The number of rotatable bonds is 2. The van der Waals surface area contributed by atoms with Crippen molar-refractivity contribution in [3.8, 4) is 11.8 Å². The standard InChI is InChI=1S/C9H5FN4O2/c10-8-5-12-6(2-1-3-13-14-11)4-7(8)9(15)16/h4-5H,3H2,(H,15,16). The van der Waals surface area contributed by atoms with E-state index in [1.165, 1.54) is 0 Å². The molecule has 0 aliphatic carbocycles. The first-order valence-electron chi connectivity index (χ1n) is 4.03. The van der Waals surface area contributed by atoms with Gasteiger partial charge in [-0.2, -0.15) is 0 Å². The average Bonchev–Trinajstić information content (AvgIpc) is 2.26. The van der Waals surface area contributed by atoms with Crippen LogP contribution in [0.1, 0.15) is 16.1 Å². The second kappa shape index (κ2) is 5.34. The largest absolute Gasteiger partial charge is 0.478 e. The van der Waals surface area contributed by atoms with Gasteiger partial charge in [-0.25, -0.2) is 14.2 Å². The Bertz CT molecular complexity index is 526. The van der Waals surface area contributed by atoms with Crippen LogP contribution in [0.5, 0.6) is 0 Å². The molecule has 0 aromatic carbocycles. The van der Waals surface area contributed by atoms with Crippen molar-refractivity contribution in [2.24, 2.45) is 5.11 Å². The molecule has 1 aromatic rings. The summed E-state index contributed by atoms with van der Waals surface area (Å²) in [5.41, 5.74) is 7.57. The van der Waals surface area contributed by atoms with E-state index in [0.717, 1.165) is 12.3 Å². The van der Waals surface area contributed by atoms with Gasteiger partial charge in [-0.05, 0) is 17.5 Å². The number of hydrogen-bond acceptors (Lipinski definition) is 3. The van der Waals surface area contributed by atoms with Crippen LogP contribution >= 0.6 is 0 Å². The summed E-state index contributed by atoms with van der Waals surface area (Å²) in [6.07, 6.45) is 0.779. The normalized spacial score (nSPS) is 8.56. The Morgan fingerprint density at radius 3 is 3.12 bits per heavy atom. The SMILES string of the molecule is [N-]=[N+]=NCC#Cc1cc(C(=O)O)c(F)cn1. The summed E-state index contributed by atoms with van der Waals surface area (Å²) >= 11 is 0. The van der Waals surface area contributed by atoms with Crippen LogP contribution in [0, 0.1) is 17.7 Å². The molecule has 0 radical (unpaired) electrons. The molecule has 0 aliphatic heterocycles. The second-order valence-electron chi connectivity index (χ2n) is 2.55. The summed E-state index contributed by atoms with van der Waals surface area (Å²) in [7, 11) is 0. The monoisotopic (exact) mass is 220 g/mol. The quantitative estimate of drug-likeness (QED) is 0.354. The number of azide groups is 1. The first kappa shape index (κ1) is 11.5. The maximum Gasteiger partial charge on any atom is 0.338 e. The number of aromatic nitrogens is 1. The lowest BCUT2D eigenvalue weighted by Gasteiger charge is -1.96. The molecule has 0 unspecified atom stereocenters. The zero-order valence-corrected chi connectivity index (χ0v) is 7.88. The molecule has 7 heteroatoms. The van der Waals surface area contributed by atoms with E-state index in [1.54, 1.807) is 0 Å². The molecule has 0 saturated heterocycles. The number of halogens is 1. The van der Waals surface area contributed by atoms with Gasteiger partial charge in [0, 0.05) is 4.91 Å². The number of aromatic carboxylic acids is 1. The minimum absolute atomic E-state index is 0.0576. The molecule has 0 atom stereocenters. The lowest BCUT2D eigenvalue weighted by Crippen LogP contribution is -2.02. The van der Waals surface area contributed by atoms with Gasteiger partial charge in [0.05, 0.1) is 18.3 Å². The van der Waals surface area contributed by atoms with Gasteiger partial charge >= 0.3 is 5.97 Å². The van der Waals surface area contributed by atoms with E-state index in [9.17, 15) is 9.18 Å². The molecule has 0 saturated carbocycles. The summed E-state index contributed by atoms with van der Waals surface area (Å²) in [5, 5.41) is 11.8. The fourth-order valence-corrected chi connectivity index (χ4v) is 0.868. The van der Waals surface area contributed by atoms with Crippen LogP contribution in [0.2, 0.25) is 0 Å². The average molecular weight is 220 g/mol. The number of hydrogen-bond donors (Lipinski definition) is 1. The zero-order valence-electron chi connectivity index (χ0n) is 7.88. The molecule has 1 N–H and O–H groups in total. The Morgan fingerprint density at radius 2 is 2.50 bits per heavy atom. The fourth-order valence-electron chi connectivity index (χ4n) is 0.868. The van der Waals surface area contributed by atoms with Crippen LogP contribution in [0.3, 0.4) is 0 Å². The van der Waals surface area contributed by atoms with Gasteiger partial charge in [0.1, 0.15) is 5.69 Å². The topological polar surface area (TPSA) is 99.0 Å². The van der Waals surface area contributed by atoms with Gasteiger partial charge in [0.2, 0.25) is 0 Å². The molecule has 0 fully saturated rings. The molecule has 1 rings (SSSR count). The third-order valence-corrected chi connectivity index (χ3v) is 1.52. The number of carbonyl (C=O) groups is 1. The molecule has 0 bridgehead atoms. The van der Waals surface area contributed by atoms with E-state index in [0.29, 0.717) is 0 Å². The third-order valence-electron chi connectivity index (χ3n) is 1.52. The zero-order chi connectivity index (χ0) is 12.0. The van der Waals surface area contributed by atoms with E-state index in [4.69, 9.17) is 10.6 Å². The minimum Gasteiger partial charge on any atom is -0.478 e. The molecule has 0 aliphatic rings. The summed E-state index contributed by atoms with van der Waals surface area (Å²) in [4.78, 5) is 16.6. The molecule has 1 aromatic heterocycles. The molecule has 1 heterocycles. The summed E-state index contributed by atoms with van der Waals surface area (Å²) in [6.45, 7) is -0.0576. The van der Waals surface area contributed by atoms with Crippen molar-refractivity contribution < 1.29 is 14.3 Å². The van der Waals surface area contributed by atoms with Crippen LogP contribution in [-0.4, -0.2) is 22.6 Å². The fraction of sp³-hybridized carbons (Fsp3) is 0.111. The lowest BCUT2D eigenvalue weighted by atomic mass is 10.2. The van der Waals surface area contributed by atoms with Crippen LogP contribution < -0.4 is 0 Å². The Hall–Kier alpha value is -2.58. The highest BCUT2D eigenvalue weighted by atomic mass is 19.1. The predicted octanol–water partition coefficient (Wildman–Crippen LogP) is 1.58. The van der Waals surface area contributed by atoms with Crippen molar-refractivity contribution in [3.05, 3.63) is 39.8 Å². The van der Waals surface area contributed by atoms with Crippen LogP contribution in [0.15, 0.2) is 17.4 Å². The molecule has 0 amide bonds. The van der Waals surface area contributed by atoms with Gasteiger partial charge in [0.25, 0.3) is 0 Å². The lowest BCUT2D eigenvalue weighted by molar-refractivity contribution is 0.0691. The van der Waals surface area contributed by atoms with Crippen LogP contribution in [0.4, 0.5) is 4.39 Å². The van der Waals surface area contributed by atoms with Crippen LogP contribution in [0.25, 0.3) is 10.4 Å². The van der Waals surface area contributed by atoms with Crippen molar-refractivity contribution in [1.82, 2.24) is 4.98 Å². The Kier molecular flexibility index (Phi) is 3.83. The highest BCUT2D eigenvalue weighted by molar-refractivity contribution is 5.88. The molecule has 0 spiro atoms. The van der Waals surface area contributed by atoms with Gasteiger partial charge in [-0.3, -0.25) is 0 Å². The maximum absolute atomic E-state index is 12.9. The van der Waals surface area contributed by atoms with Crippen molar-refractivity contribution >= 4 is 5.97 Å². The molecular formula is C9H5FN4O2. The van der Waals surface area contributed by atoms with Gasteiger partial charge in [-0.1, -0.05) is 11.0 Å². The van der Waals surface area contributed by atoms with E-state index >= 15 is 0 Å². The highest BCUT2D eigenvalue weighted by Crippen LogP contribution is 2.06. The number of carboxylic acid groups (broad SMARTS) is 1. The third kappa shape index (κ3) is 2.97. The molecule has 16 heavy (non-hydrogen) atoms.